The van der Waals surface area contributed by atoms with Gasteiger partial charge in [-0.15, -0.1) is 0 Å². The SMILES string of the molecule is C=CCOc1cccc(C(=O)NC/C=C\C(=NC)N(CCNC)CC(C)=O)c1. The fourth-order valence-corrected chi connectivity index (χ4v) is 2.41. The predicted molar refractivity (Wildman–Crippen MR) is 113 cm³/mol. The number of amides is 1. The van der Waals surface area contributed by atoms with E-state index in [1.54, 1.807) is 44.3 Å². The maximum absolute atomic E-state index is 12.3. The summed E-state index contributed by atoms with van der Waals surface area (Å²) in [5.74, 6) is 1.18. The molecule has 0 aromatic heterocycles. The lowest BCUT2D eigenvalue weighted by Crippen LogP contribution is -2.38. The number of aliphatic imine (C=N–C) groups is 1. The number of nitrogens with one attached hydrogen (secondary N) is 2. The molecular weight excluding hydrogens is 356 g/mol. The summed E-state index contributed by atoms with van der Waals surface area (Å²) in [5.41, 5.74) is 0.520. The smallest absolute Gasteiger partial charge is 0.251 e. The van der Waals surface area contributed by atoms with Gasteiger partial charge in [0.15, 0.2) is 0 Å². The minimum absolute atomic E-state index is 0.0671. The Bertz CT molecular complexity index is 713. The van der Waals surface area contributed by atoms with E-state index in [1.807, 2.05) is 24.1 Å². The second-order valence-corrected chi connectivity index (χ2v) is 6.05. The third-order valence-electron chi connectivity index (χ3n) is 3.71. The molecule has 1 amide bonds. The summed E-state index contributed by atoms with van der Waals surface area (Å²) in [6, 6.07) is 6.98. The van der Waals surface area contributed by atoms with Gasteiger partial charge in [0.25, 0.3) is 5.91 Å². The third-order valence-corrected chi connectivity index (χ3v) is 3.71. The van der Waals surface area contributed by atoms with Gasteiger partial charge >= 0.3 is 0 Å². The Kier molecular flexibility index (Phi) is 11.0. The average molecular weight is 386 g/mol. The first-order valence-corrected chi connectivity index (χ1v) is 9.16. The van der Waals surface area contributed by atoms with Crippen molar-refractivity contribution in [3.8, 4) is 5.75 Å². The van der Waals surface area contributed by atoms with Gasteiger partial charge in [0.2, 0.25) is 0 Å². The van der Waals surface area contributed by atoms with Crippen molar-refractivity contribution in [1.29, 1.82) is 0 Å². The highest BCUT2D eigenvalue weighted by Gasteiger charge is 2.10. The second kappa shape index (κ2) is 13.3. The van der Waals surface area contributed by atoms with Gasteiger partial charge in [-0.3, -0.25) is 14.6 Å². The molecule has 7 heteroatoms. The Balaban J connectivity index is 2.63. The van der Waals surface area contributed by atoms with Crippen LogP contribution in [-0.4, -0.2) is 69.3 Å². The summed E-state index contributed by atoms with van der Waals surface area (Å²) >= 11 is 0. The molecule has 1 rings (SSSR count). The van der Waals surface area contributed by atoms with Crippen molar-refractivity contribution in [2.45, 2.75) is 6.92 Å². The van der Waals surface area contributed by atoms with Crippen molar-refractivity contribution in [3.63, 3.8) is 0 Å². The molecule has 0 bridgehead atoms. The van der Waals surface area contributed by atoms with Crippen molar-refractivity contribution in [3.05, 3.63) is 54.6 Å². The van der Waals surface area contributed by atoms with Crippen LogP contribution >= 0.6 is 0 Å². The molecule has 0 aliphatic heterocycles. The van der Waals surface area contributed by atoms with Crippen molar-refractivity contribution in [1.82, 2.24) is 15.5 Å². The Labute approximate surface area is 167 Å². The topological polar surface area (TPSA) is 83.0 Å². The molecule has 7 nitrogen and oxygen atoms in total. The number of hydrogen-bond acceptors (Lipinski definition) is 5. The van der Waals surface area contributed by atoms with Gasteiger partial charge in [0.05, 0.1) is 6.54 Å². The normalized spacial score (nSPS) is 11.3. The number of nitrogens with zero attached hydrogens (tertiary/aromatic N) is 2. The summed E-state index contributed by atoms with van der Waals surface area (Å²) < 4.78 is 5.44. The van der Waals surface area contributed by atoms with Gasteiger partial charge in [-0.2, -0.15) is 0 Å². The highest BCUT2D eigenvalue weighted by Crippen LogP contribution is 2.13. The maximum Gasteiger partial charge on any atom is 0.251 e. The number of ether oxygens (including phenoxy) is 1. The van der Waals surface area contributed by atoms with Crippen LogP contribution in [0.3, 0.4) is 0 Å². The zero-order valence-corrected chi connectivity index (χ0v) is 16.9. The second-order valence-electron chi connectivity index (χ2n) is 6.05. The Hall–Kier alpha value is -2.93. The Morgan fingerprint density at radius 3 is 2.79 bits per heavy atom. The third kappa shape index (κ3) is 8.64. The van der Waals surface area contributed by atoms with Gasteiger partial charge in [-0.25, -0.2) is 0 Å². The minimum atomic E-state index is -0.195. The van der Waals surface area contributed by atoms with Crippen molar-refractivity contribution in [2.75, 3.05) is 46.9 Å². The van der Waals surface area contributed by atoms with E-state index >= 15 is 0 Å². The Morgan fingerprint density at radius 2 is 2.14 bits per heavy atom. The van der Waals surface area contributed by atoms with E-state index in [0.717, 1.165) is 6.54 Å². The highest BCUT2D eigenvalue weighted by molar-refractivity contribution is 5.96. The highest BCUT2D eigenvalue weighted by atomic mass is 16.5. The number of likely N-dealkylation sites (N-methyl/N-ethyl adjacent to an activating group) is 1. The van der Waals surface area contributed by atoms with E-state index in [9.17, 15) is 9.59 Å². The molecule has 0 saturated carbocycles. The first-order valence-electron chi connectivity index (χ1n) is 9.16. The van der Waals surface area contributed by atoms with Crippen molar-refractivity contribution >= 4 is 17.5 Å². The van der Waals surface area contributed by atoms with Crippen LogP contribution in [0.2, 0.25) is 0 Å². The number of carbonyl (C=O) groups is 2. The lowest BCUT2D eigenvalue weighted by molar-refractivity contribution is -0.117. The first kappa shape index (κ1) is 23.1. The molecule has 2 N–H and O–H groups in total. The van der Waals surface area contributed by atoms with E-state index in [0.29, 0.717) is 43.4 Å². The molecule has 0 saturated heterocycles. The predicted octanol–water partition coefficient (Wildman–Crippen LogP) is 1.68. The van der Waals surface area contributed by atoms with E-state index in [1.165, 1.54) is 0 Å². The molecule has 0 atom stereocenters. The first-order chi connectivity index (χ1) is 13.5. The number of rotatable bonds is 12. The van der Waals surface area contributed by atoms with E-state index in [2.05, 4.69) is 22.2 Å². The number of carbonyl (C=O) groups excluding carboxylic acids is 2. The van der Waals surface area contributed by atoms with Crippen LogP contribution in [0.5, 0.6) is 5.75 Å². The average Bonchev–Trinajstić information content (AvgIpc) is 2.69. The molecule has 0 heterocycles. The van der Waals surface area contributed by atoms with E-state index < -0.39 is 0 Å². The van der Waals surface area contributed by atoms with Crippen molar-refractivity contribution in [2.24, 2.45) is 4.99 Å². The lowest BCUT2D eigenvalue weighted by Gasteiger charge is -2.23. The molecule has 0 fully saturated rings. The molecule has 1 aromatic rings. The van der Waals surface area contributed by atoms with E-state index in [-0.39, 0.29) is 11.7 Å². The summed E-state index contributed by atoms with van der Waals surface area (Å²) in [4.78, 5) is 29.9. The van der Waals surface area contributed by atoms with Crippen LogP contribution < -0.4 is 15.4 Å². The molecule has 0 aliphatic carbocycles. The van der Waals surface area contributed by atoms with Gasteiger partial charge in [-0.1, -0.05) is 24.8 Å². The number of ketones is 1. The molecule has 152 valence electrons. The largest absolute Gasteiger partial charge is 0.490 e. The molecule has 0 radical (unpaired) electrons. The van der Waals surface area contributed by atoms with Crippen molar-refractivity contribution < 1.29 is 14.3 Å². The van der Waals surface area contributed by atoms with Crippen LogP contribution in [0, 0.1) is 0 Å². The number of hydrogen-bond donors (Lipinski definition) is 2. The Morgan fingerprint density at radius 1 is 1.36 bits per heavy atom. The molecule has 0 spiro atoms. The van der Waals surface area contributed by atoms with Crippen LogP contribution in [0.25, 0.3) is 0 Å². The molecule has 28 heavy (non-hydrogen) atoms. The standard InChI is InChI=1S/C21H30N4O3/c1-5-14-28-19-9-6-8-18(15-19)21(27)24-11-7-10-20(23-4)25(13-12-22-3)16-17(2)26/h5-10,15,22H,1,11-14,16H2,2-4H3,(H,24,27)/b10-7-,23-20?. The summed E-state index contributed by atoms with van der Waals surface area (Å²) in [6.07, 6.45) is 5.27. The minimum Gasteiger partial charge on any atom is -0.490 e. The van der Waals surface area contributed by atoms with Crippen LogP contribution in [0.1, 0.15) is 17.3 Å². The number of benzene rings is 1. The van der Waals surface area contributed by atoms with Gasteiger partial charge in [-0.05, 0) is 38.2 Å². The van der Waals surface area contributed by atoms with Gasteiger partial charge in [0, 0.05) is 32.2 Å². The van der Waals surface area contributed by atoms with Crippen LogP contribution in [0.4, 0.5) is 0 Å². The molecule has 1 aromatic carbocycles. The van der Waals surface area contributed by atoms with Crippen LogP contribution in [0.15, 0.2) is 54.1 Å². The zero-order valence-electron chi connectivity index (χ0n) is 16.9. The molecule has 0 aliphatic rings. The summed E-state index contributed by atoms with van der Waals surface area (Å²) in [5, 5.41) is 5.89. The number of Topliss-reactive ketones (excluding diaryl/α,β-unsaturated/α-hetero) is 1. The fourth-order valence-electron chi connectivity index (χ4n) is 2.41. The van der Waals surface area contributed by atoms with E-state index in [4.69, 9.17) is 4.74 Å². The van der Waals surface area contributed by atoms with Crippen LogP contribution in [-0.2, 0) is 4.79 Å². The van der Waals surface area contributed by atoms with Gasteiger partial charge < -0.3 is 20.3 Å². The monoisotopic (exact) mass is 386 g/mol. The van der Waals surface area contributed by atoms with Gasteiger partial charge in [0.1, 0.15) is 24.0 Å². The molecule has 0 unspecified atom stereocenters. The summed E-state index contributed by atoms with van der Waals surface area (Å²) in [7, 11) is 3.54. The quantitative estimate of drug-likeness (QED) is 0.324. The number of amidine groups is 1. The lowest BCUT2D eigenvalue weighted by atomic mass is 10.2. The maximum atomic E-state index is 12.3. The molecular formula is C21H30N4O3. The summed E-state index contributed by atoms with van der Waals surface area (Å²) in [6.45, 7) is 7.58. The zero-order chi connectivity index (χ0) is 20.8. The fraction of sp³-hybridized carbons (Fsp3) is 0.381.